The van der Waals surface area contributed by atoms with Crippen LogP contribution in [0.3, 0.4) is 0 Å². The van der Waals surface area contributed by atoms with Crippen LogP contribution in [0.15, 0.2) is 18.2 Å². The number of halogens is 1. The maximum atomic E-state index is 11.6. The maximum absolute atomic E-state index is 11.6. The zero-order valence-electron chi connectivity index (χ0n) is 9.29. The lowest BCUT2D eigenvalue weighted by Gasteiger charge is -2.05. The molecule has 1 aromatic rings. The van der Waals surface area contributed by atoms with E-state index < -0.39 is 0 Å². The lowest BCUT2D eigenvalue weighted by Crippen LogP contribution is -2.29. The van der Waals surface area contributed by atoms with Crippen LogP contribution in [0.5, 0.6) is 5.75 Å². The van der Waals surface area contributed by atoms with E-state index in [1.807, 2.05) is 22.6 Å². The second-order valence-corrected chi connectivity index (χ2v) is 4.51. The highest BCUT2D eigenvalue weighted by Crippen LogP contribution is 2.20. The predicted molar refractivity (Wildman–Crippen MR) is 71.8 cm³/mol. The van der Waals surface area contributed by atoms with Crippen molar-refractivity contribution in [1.29, 1.82) is 0 Å². The summed E-state index contributed by atoms with van der Waals surface area (Å²) in [5, 5.41) is 14.5. The molecule has 0 aliphatic carbocycles. The van der Waals surface area contributed by atoms with Crippen molar-refractivity contribution in [3.8, 4) is 5.75 Å². The Kier molecular flexibility index (Phi) is 5.20. The molecule has 0 saturated heterocycles. The van der Waals surface area contributed by atoms with Crippen LogP contribution >= 0.6 is 22.6 Å². The molecule has 6 heteroatoms. The van der Waals surface area contributed by atoms with E-state index in [1.165, 1.54) is 6.07 Å². The number of nitrogens with one attached hydrogen (secondary N) is 2. The summed E-state index contributed by atoms with van der Waals surface area (Å²) in [6, 6.07) is 4.68. The molecule has 2 amide bonds. The number of carbonyl (C=O) groups excluding carboxylic acids is 2. The highest BCUT2D eigenvalue weighted by Gasteiger charge is 2.08. The molecule has 92 valence electrons. The summed E-state index contributed by atoms with van der Waals surface area (Å²) >= 11 is 1.97. The van der Waals surface area contributed by atoms with Crippen molar-refractivity contribution >= 4 is 34.4 Å². The molecule has 0 spiro atoms. The zero-order valence-corrected chi connectivity index (χ0v) is 11.4. The molecule has 0 aromatic heterocycles. The Balaban J connectivity index is 2.52. The van der Waals surface area contributed by atoms with E-state index in [9.17, 15) is 14.7 Å². The van der Waals surface area contributed by atoms with E-state index >= 15 is 0 Å². The van der Waals surface area contributed by atoms with Gasteiger partial charge in [-0.15, -0.1) is 0 Å². The van der Waals surface area contributed by atoms with Crippen molar-refractivity contribution in [1.82, 2.24) is 10.6 Å². The van der Waals surface area contributed by atoms with Gasteiger partial charge in [-0.25, -0.2) is 0 Å². The number of amides is 2. The van der Waals surface area contributed by atoms with Crippen molar-refractivity contribution in [2.24, 2.45) is 0 Å². The number of hydrogen-bond acceptors (Lipinski definition) is 3. The van der Waals surface area contributed by atoms with Gasteiger partial charge in [-0.1, -0.05) is 0 Å². The maximum Gasteiger partial charge on any atom is 0.251 e. The Labute approximate surface area is 113 Å². The van der Waals surface area contributed by atoms with Gasteiger partial charge in [0.15, 0.2) is 0 Å². The van der Waals surface area contributed by atoms with Crippen LogP contribution in [-0.4, -0.2) is 30.5 Å². The third-order valence-electron chi connectivity index (χ3n) is 2.12. The summed E-state index contributed by atoms with van der Waals surface area (Å²) in [7, 11) is 1.54. The van der Waals surface area contributed by atoms with Crippen molar-refractivity contribution in [3.63, 3.8) is 0 Å². The highest BCUT2D eigenvalue weighted by molar-refractivity contribution is 14.1. The number of hydrogen-bond donors (Lipinski definition) is 3. The van der Waals surface area contributed by atoms with E-state index in [-0.39, 0.29) is 30.5 Å². The Bertz CT molecular complexity index is 435. The highest BCUT2D eigenvalue weighted by atomic mass is 127. The third kappa shape index (κ3) is 4.22. The first kappa shape index (κ1) is 13.8. The molecule has 0 fully saturated rings. The Hall–Kier alpha value is -1.31. The number of aromatic hydroxyl groups is 1. The Morgan fingerprint density at radius 2 is 2.12 bits per heavy atom. The van der Waals surface area contributed by atoms with Crippen LogP contribution in [0, 0.1) is 3.57 Å². The molecule has 0 atom stereocenters. The van der Waals surface area contributed by atoms with E-state index in [4.69, 9.17) is 0 Å². The first-order chi connectivity index (χ1) is 8.04. The van der Waals surface area contributed by atoms with Crippen molar-refractivity contribution in [3.05, 3.63) is 27.3 Å². The largest absolute Gasteiger partial charge is 0.507 e. The lowest BCUT2D eigenvalue weighted by atomic mass is 10.2. The first-order valence-electron chi connectivity index (χ1n) is 5.02. The first-order valence-corrected chi connectivity index (χ1v) is 6.09. The van der Waals surface area contributed by atoms with E-state index in [1.54, 1.807) is 19.2 Å². The molecule has 0 bridgehead atoms. The Morgan fingerprint density at radius 1 is 1.41 bits per heavy atom. The second-order valence-electron chi connectivity index (χ2n) is 3.35. The summed E-state index contributed by atoms with van der Waals surface area (Å²) in [5.41, 5.74) is 0.375. The number of phenols is 1. The van der Waals surface area contributed by atoms with Gasteiger partial charge in [0.05, 0.1) is 3.57 Å². The lowest BCUT2D eigenvalue weighted by molar-refractivity contribution is -0.120. The molecule has 1 aromatic carbocycles. The number of carbonyl (C=O) groups is 2. The molecular weight excluding hydrogens is 335 g/mol. The fraction of sp³-hybridized carbons (Fsp3) is 0.273. The topological polar surface area (TPSA) is 78.4 Å². The minimum Gasteiger partial charge on any atom is -0.507 e. The van der Waals surface area contributed by atoms with Crippen LogP contribution in [0.4, 0.5) is 0 Å². The smallest absolute Gasteiger partial charge is 0.251 e. The quantitative estimate of drug-likeness (QED) is 0.707. The fourth-order valence-corrected chi connectivity index (χ4v) is 1.51. The van der Waals surface area contributed by atoms with Gasteiger partial charge >= 0.3 is 0 Å². The SMILES string of the molecule is CNC(=O)CCNC(=O)c1ccc(I)c(O)c1. The fourth-order valence-electron chi connectivity index (χ4n) is 1.17. The van der Waals surface area contributed by atoms with Crippen LogP contribution in [0.2, 0.25) is 0 Å². The van der Waals surface area contributed by atoms with E-state index in [0.29, 0.717) is 9.13 Å². The second kappa shape index (κ2) is 6.43. The molecule has 17 heavy (non-hydrogen) atoms. The molecule has 3 N–H and O–H groups in total. The molecule has 0 aliphatic heterocycles. The van der Waals surface area contributed by atoms with Crippen LogP contribution in [-0.2, 0) is 4.79 Å². The molecule has 0 heterocycles. The molecule has 0 aliphatic rings. The summed E-state index contributed by atoms with van der Waals surface area (Å²) < 4.78 is 0.685. The van der Waals surface area contributed by atoms with E-state index in [2.05, 4.69) is 10.6 Å². The standard InChI is InChI=1S/C11H13IN2O3/c1-13-10(16)4-5-14-11(17)7-2-3-8(12)9(15)6-7/h2-3,6,15H,4-5H2,1H3,(H,13,16)(H,14,17). The van der Waals surface area contributed by atoms with Crippen LogP contribution < -0.4 is 10.6 Å². The molecule has 0 saturated carbocycles. The molecule has 1 rings (SSSR count). The summed E-state index contributed by atoms with van der Waals surface area (Å²) in [6.45, 7) is 0.269. The van der Waals surface area contributed by atoms with Gasteiger partial charge in [-0.2, -0.15) is 0 Å². The molecule has 0 unspecified atom stereocenters. The molecular formula is C11H13IN2O3. The van der Waals surface area contributed by atoms with E-state index in [0.717, 1.165) is 0 Å². The van der Waals surface area contributed by atoms with Gasteiger partial charge in [0, 0.05) is 25.6 Å². The van der Waals surface area contributed by atoms with Crippen molar-refractivity contribution in [2.75, 3.05) is 13.6 Å². The van der Waals surface area contributed by atoms with Crippen LogP contribution in [0.1, 0.15) is 16.8 Å². The molecule has 0 radical (unpaired) electrons. The van der Waals surface area contributed by atoms with Gasteiger partial charge in [-0.3, -0.25) is 9.59 Å². The van der Waals surface area contributed by atoms with Crippen molar-refractivity contribution in [2.45, 2.75) is 6.42 Å². The average Bonchev–Trinajstić information content (AvgIpc) is 2.32. The van der Waals surface area contributed by atoms with Crippen molar-refractivity contribution < 1.29 is 14.7 Å². The number of phenolic OH excluding ortho intramolecular Hbond substituents is 1. The Morgan fingerprint density at radius 3 is 2.71 bits per heavy atom. The average molecular weight is 348 g/mol. The predicted octanol–water partition coefficient (Wildman–Crippen LogP) is 0.863. The third-order valence-corrected chi connectivity index (χ3v) is 3.04. The van der Waals surface area contributed by atoms with Gasteiger partial charge < -0.3 is 15.7 Å². The zero-order chi connectivity index (χ0) is 12.8. The normalized spacial score (nSPS) is 9.76. The van der Waals surface area contributed by atoms with Gasteiger partial charge in [0.25, 0.3) is 5.91 Å². The summed E-state index contributed by atoms with van der Waals surface area (Å²) in [5.74, 6) is -0.360. The molecule has 5 nitrogen and oxygen atoms in total. The summed E-state index contributed by atoms with van der Waals surface area (Å²) in [4.78, 5) is 22.5. The number of rotatable bonds is 4. The number of benzene rings is 1. The van der Waals surface area contributed by atoms with Gasteiger partial charge in [0.1, 0.15) is 5.75 Å². The monoisotopic (exact) mass is 348 g/mol. The summed E-state index contributed by atoms with van der Waals surface area (Å²) in [6.07, 6.45) is 0.235. The minimum absolute atomic E-state index is 0.0737. The minimum atomic E-state index is -0.305. The van der Waals surface area contributed by atoms with Gasteiger partial charge in [0.2, 0.25) is 5.91 Å². The van der Waals surface area contributed by atoms with Gasteiger partial charge in [-0.05, 0) is 40.8 Å². The van der Waals surface area contributed by atoms with Crippen LogP contribution in [0.25, 0.3) is 0 Å².